The van der Waals surface area contributed by atoms with Crippen LogP contribution < -0.4 is 20.9 Å². The molecule has 6 heteroatoms. The number of piperidine rings is 1. The van der Waals surface area contributed by atoms with Crippen LogP contribution in [0.25, 0.3) is 11.3 Å². The molecule has 186 valence electrons. The molecule has 0 saturated carbocycles. The molecule has 3 aromatic carbocycles. The van der Waals surface area contributed by atoms with E-state index in [0.29, 0.717) is 5.95 Å². The van der Waals surface area contributed by atoms with Gasteiger partial charge < -0.3 is 20.9 Å². The van der Waals surface area contributed by atoms with Gasteiger partial charge in [0.2, 0.25) is 5.95 Å². The summed E-state index contributed by atoms with van der Waals surface area (Å²) in [6, 6.07) is 27.4. The maximum Gasteiger partial charge on any atom is 0.227 e. The Morgan fingerprint density at radius 3 is 2.43 bits per heavy atom. The molecule has 6 nitrogen and oxygen atoms in total. The third-order valence-electron chi connectivity index (χ3n) is 7.20. The summed E-state index contributed by atoms with van der Waals surface area (Å²) in [7, 11) is 0. The summed E-state index contributed by atoms with van der Waals surface area (Å²) in [6.07, 6.45) is 5.69. The fourth-order valence-electron chi connectivity index (χ4n) is 5.21. The Morgan fingerprint density at radius 2 is 1.62 bits per heavy atom. The number of anilines is 4. The number of benzene rings is 3. The third kappa shape index (κ3) is 5.20. The van der Waals surface area contributed by atoms with Gasteiger partial charge in [-0.25, -0.2) is 9.97 Å². The Labute approximate surface area is 218 Å². The summed E-state index contributed by atoms with van der Waals surface area (Å²) >= 11 is 0. The first kappa shape index (κ1) is 23.3. The molecule has 4 aromatic rings. The van der Waals surface area contributed by atoms with Gasteiger partial charge in [0, 0.05) is 54.2 Å². The summed E-state index contributed by atoms with van der Waals surface area (Å²) in [5.41, 5.74) is 8.74. The van der Waals surface area contributed by atoms with Crippen molar-refractivity contribution in [2.45, 2.75) is 31.8 Å². The highest BCUT2D eigenvalue weighted by molar-refractivity contribution is 5.66. The van der Waals surface area contributed by atoms with E-state index in [9.17, 15) is 0 Å². The molecule has 3 N–H and O–H groups in total. The second-order valence-electron chi connectivity index (χ2n) is 9.73. The van der Waals surface area contributed by atoms with Crippen LogP contribution in [-0.2, 0) is 6.54 Å². The van der Waals surface area contributed by atoms with E-state index in [1.54, 1.807) is 6.20 Å². The lowest BCUT2D eigenvalue weighted by Gasteiger charge is -2.28. The highest BCUT2D eigenvalue weighted by Gasteiger charge is 2.23. The highest BCUT2D eigenvalue weighted by atomic mass is 15.1. The normalized spacial score (nSPS) is 16.8. The average Bonchev–Trinajstić information content (AvgIpc) is 3.39. The Kier molecular flexibility index (Phi) is 6.57. The van der Waals surface area contributed by atoms with Gasteiger partial charge >= 0.3 is 0 Å². The Bertz CT molecular complexity index is 1370. The number of nitrogens with one attached hydrogen (secondary N) is 3. The Hall–Kier alpha value is -4.16. The number of aromatic nitrogens is 2. The van der Waals surface area contributed by atoms with Crippen LogP contribution in [0.1, 0.15) is 36.4 Å². The number of rotatable bonds is 7. The molecule has 2 aliphatic rings. The fourth-order valence-corrected chi connectivity index (χ4v) is 5.21. The van der Waals surface area contributed by atoms with Crippen molar-refractivity contribution >= 4 is 23.0 Å². The van der Waals surface area contributed by atoms with Crippen LogP contribution in [0.2, 0.25) is 0 Å². The molecule has 0 spiro atoms. The third-order valence-corrected chi connectivity index (χ3v) is 7.20. The van der Waals surface area contributed by atoms with Crippen LogP contribution in [0.5, 0.6) is 0 Å². The zero-order valence-corrected chi connectivity index (χ0v) is 21.0. The molecule has 3 heterocycles. The van der Waals surface area contributed by atoms with Gasteiger partial charge in [-0.1, -0.05) is 43.0 Å². The molecule has 2 aliphatic heterocycles. The van der Waals surface area contributed by atoms with Crippen LogP contribution in [0.3, 0.4) is 0 Å². The minimum absolute atomic E-state index is 0.111. The molecule has 0 amide bonds. The minimum atomic E-state index is 0.111. The molecule has 0 bridgehead atoms. The van der Waals surface area contributed by atoms with E-state index < -0.39 is 0 Å². The molecule has 1 saturated heterocycles. The molecule has 0 radical (unpaired) electrons. The number of hydrogen-bond acceptors (Lipinski definition) is 6. The largest absolute Gasteiger partial charge is 0.372 e. The second-order valence-corrected chi connectivity index (χ2v) is 9.73. The van der Waals surface area contributed by atoms with Gasteiger partial charge in [-0.2, -0.15) is 0 Å². The van der Waals surface area contributed by atoms with Crippen molar-refractivity contribution in [2.75, 3.05) is 28.6 Å². The van der Waals surface area contributed by atoms with Crippen molar-refractivity contribution < 1.29 is 0 Å². The van der Waals surface area contributed by atoms with Gasteiger partial charge in [0.25, 0.3) is 0 Å². The van der Waals surface area contributed by atoms with E-state index in [1.165, 1.54) is 36.1 Å². The Balaban J connectivity index is 1.10. The SMILES string of the molecule is C=C(Nc1ccc(-c2ccnc(Nc3ccc(N4CCCCC4)cc3)n2)cc1)C1NCc2ccccc21. The van der Waals surface area contributed by atoms with Crippen LogP contribution >= 0.6 is 0 Å². The van der Waals surface area contributed by atoms with Crippen molar-refractivity contribution in [3.63, 3.8) is 0 Å². The van der Waals surface area contributed by atoms with Crippen LogP contribution in [0.15, 0.2) is 97.3 Å². The van der Waals surface area contributed by atoms with Crippen molar-refractivity contribution in [1.82, 2.24) is 15.3 Å². The van der Waals surface area contributed by atoms with Gasteiger partial charge in [0.1, 0.15) is 0 Å². The smallest absolute Gasteiger partial charge is 0.227 e. The van der Waals surface area contributed by atoms with Gasteiger partial charge in [0.05, 0.1) is 11.7 Å². The molecule has 1 unspecified atom stereocenters. The first-order valence-electron chi connectivity index (χ1n) is 13.1. The van der Waals surface area contributed by atoms with Crippen molar-refractivity contribution in [3.05, 3.63) is 108 Å². The number of fused-ring (bicyclic) bond motifs is 1. The zero-order chi connectivity index (χ0) is 25.0. The summed E-state index contributed by atoms with van der Waals surface area (Å²) in [5.74, 6) is 0.588. The van der Waals surface area contributed by atoms with E-state index in [0.717, 1.165) is 48.0 Å². The maximum absolute atomic E-state index is 4.75. The summed E-state index contributed by atoms with van der Waals surface area (Å²) in [5, 5.41) is 10.4. The number of hydrogen-bond donors (Lipinski definition) is 3. The lowest BCUT2D eigenvalue weighted by Crippen LogP contribution is -2.29. The topological polar surface area (TPSA) is 65.1 Å². The Morgan fingerprint density at radius 1 is 0.865 bits per heavy atom. The van der Waals surface area contributed by atoms with E-state index >= 15 is 0 Å². The monoisotopic (exact) mass is 488 g/mol. The van der Waals surface area contributed by atoms with Crippen LogP contribution in [0.4, 0.5) is 23.0 Å². The molecule has 1 aromatic heterocycles. The first-order chi connectivity index (χ1) is 18.2. The second kappa shape index (κ2) is 10.4. The van der Waals surface area contributed by atoms with E-state index in [-0.39, 0.29) is 6.04 Å². The fraction of sp³-hybridized carbons (Fsp3) is 0.226. The average molecular weight is 489 g/mol. The highest BCUT2D eigenvalue weighted by Crippen LogP contribution is 2.31. The summed E-state index contributed by atoms with van der Waals surface area (Å²) in [4.78, 5) is 11.6. The van der Waals surface area contributed by atoms with Gasteiger partial charge in [-0.15, -0.1) is 0 Å². The lowest BCUT2D eigenvalue weighted by molar-refractivity contribution is 0.578. The molecule has 1 fully saturated rings. The molecule has 0 aliphatic carbocycles. The van der Waals surface area contributed by atoms with E-state index in [1.807, 2.05) is 6.07 Å². The van der Waals surface area contributed by atoms with Gasteiger partial charge in [-0.3, -0.25) is 0 Å². The van der Waals surface area contributed by atoms with Crippen LogP contribution in [-0.4, -0.2) is 23.1 Å². The van der Waals surface area contributed by atoms with Crippen molar-refractivity contribution in [1.29, 1.82) is 0 Å². The molecule has 37 heavy (non-hydrogen) atoms. The summed E-state index contributed by atoms with van der Waals surface area (Å²) in [6.45, 7) is 7.45. The number of nitrogens with zero attached hydrogens (tertiary/aromatic N) is 3. The molecule has 6 rings (SSSR count). The quantitative estimate of drug-likeness (QED) is 0.271. The molecule has 1 atom stereocenters. The first-order valence-corrected chi connectivity index (χ1v) is 13.1. The summed E-state index contributed by atoms with van der Waals surface area (Å²) < 4.78 is 0. The van der Waals surface area contributed by atoms with E-state index in [4.69, 9.17) is 4.98 Å². The lowest BCUT2D eigenvalue weighted by atomic mass is 10.0. The predicted octanol–water partition coefficient (Wildman–Crippen LogP) is 6.65. The van der Waals surface area contributed by atoms with Gasteiger partial charge in [0.15, 0.2) is 0 Å². The maximum atomic E-state index is 4.75. The predicted molar refractivity (Wildman–Crippen MR) is 152 cm³/mol. The van der Waals surface area contributed by atoms with Crippen molar-refractivity contribution in [2.24, 2.45) is 0 Å². The standard InChI is InChI=1S/C31H32N6/c1-22(30-28-8-4-3-7-24(28)21-33-30)34-25-11-9-23(10-12-25)29-17-18-32-31(36-29)35-26-13-15-27(16-14-26)37-19-5-2-6-20-37/h3-4,7-18,30,33-34H,1-2,5-6,19-21H2,(H,32,35,36). The van der Waals surface area contributed by atoms with Gasteiger partial charge in [-0.05, 0) is 72.9 Å². The zero-order valence-electron chi connectivity index (χ0n) is 21.0. The molecular weight excluding hydrogens is 456 g/mol. The molecular formula is C31H32N6. The minimum Gasteiger partial charge on any atom is -0.372 e. The van der Waals surface area contributed by atoms with Crippen LogP contribution in [0, 0.1) is 0 Å². The van der Waals surface area contributed by atoms with Crippen molar-refractivity contribution in [3.8, 4) is 11.3 Å². The van der Waals surface area contributed by atoms with E-state index in [2.05, 4.69) is 105 Å².